The van der Waals surface area contributed by atoms with E-state index in [0.717, 1.165) is 12.8 Å². The van der Waals surface area contributed by atoms with Crippen molar-refractivity contribution in [3.63, 3.8) is 0 Å². The van der Waals surface area contributed by atoms with Crippen LogP contribution in [0, 0.1) is 5.92 Å². The van der Waals surface area contributed by atoms with E-state index in [0.29, 0.717) is 33.8 Å². The Bertz CT molecular complexity index is 909. The molecular formula is C17H15N5O2S. The number of nitrogens with one attached hydrogen (secondary N) is 1. The molecule has 0 unspecified atom stereocenters. The predicted molar refractivity (Wildman–Crippen MR) is 93.9 cm³/mol. The van der Waals surface area contributed by atoms with E-state index < -0.39 is 0 Å². The molecule has 3 aromatic heterocycles. The van der Waals surface area contributed by atoms with Crippen molar-refractivity contribution >= 4 is 23.5 Å². The maximum atomic E-state index is 12.0. The van der Waals surface area contributed by atoms with Crippen molar-refractivity contribution < 1.29 is 9.21 Å². The third-order valence-electron chi connectivity index (χ3n) is 3.79. The third kappa shape index (κ3) is 3.39. The number of thioether (sulfide) groups is 1. The molecule has 25 heavy (non-hydrogen) atoms. The number of rotatable bonds is 5. The van der Waals surface area contributed by atoms with Crippen LogP contribution in [0.3, 0.4) is 0 Å². The van der Waals surface area contributed by atoms with Crippen LogP contribution in [0.4, 0.5) is 5.82 Å². The molecule has 0 saturated heterocycles. The average molecular weight is 353 g/mol. The Balaban J connectivity index is 1.76. The van der Waals surface area contributed by atoms with Gasteiger partial charge >= 0.3 is 0 Å². The van der Waals surface area contributed by atoms with Crippen LogP contribution < -0.4 is 5.32 Å². The van der Waals surface area contributed by atoms with Crippen LogP contribution in [0.1, 0.15) is 12.8 Å². The Hall–Kier alpha value is -2.74. The molecule has 0 atom stereocenters. The highest BCUT2D eigenvalue weighted by Gasteiger charge is 2.30. The van der Waals surface area contributed by atoms with Gasteiger partial charge in [-0.1, -0.05) is 11.8 Å². The first kappa shape index (κ1) is 15.8. The minimum absolute atomic E-state index is 0.0147. The third-order valence-corrected chi connectivity index (χ3v) is 4.35. The van der Waals surface area contributed by atoms with E-state index in [1.165, 1.54) is 11.8 Å². The first-order valence-corrected chi connectivity index (χ1v) is 9.06. The maximum Gasteiger partial charge on any atom is 0.228 e. The Morgan fingerprint density at radius 1 is 1.24 bits per heavy atom. The van der Waals surface area contributed by atoms with Crippen LogP contribution in [0.5, 0.6) is 0 Å². The van der Waals surface area contributed by atoms with E-state index in [1.807, 2.05) is 6.26 Å². The Labute approximate surface area is 148 Å². The lowest BCUT2D eigenvalue weighted by Gasteiger charge is -2.09. The summed E-state index contributed by atoms with van der Waals surface area (Å²) in [6, 6.07) is 5.36. The van der Waals surface area contributed by atoms with Gasteiger partial charge in [0.25, 0.3) is 0 Å². The van der Waals surface area contributed by atoms with Crippen LogP contribution in [0.2, 0.25) is 0 Å². The minimum Gasteiger partial charge on any atom is -0.463 e. The fraction of sp³-hybridized carbons (Fsp3) is 0.235. The smallest absolute Gasteiger partial charge is 0.228 e. The molecule has 0 aliphatic heterocycles. The fourth-order valence-electron chi connectivity index (χ4n) is 2.37. The molecule has 0 bridgehead atoms. The zero-order valence-corrected chi connectivity index (χ0v) is 14.3. The van der Waals surface area contributed by atoms with Gasteiger partial charge in [-0.2, -0.15) is 0 Å². The molecule has 0 aromatic carbocycles. The molecule has 1 saturated carbocycles. The zero-order valence-electron chi connectivity index (χ0n) is 13.5. The molecule has 3 aromatic rings. The first-order chi connectivity index (χ1) is 12.2. The zero-order chi connectivity index (χ0) is 17.2. The molecular weight excluding hydrogens is 338 g/mol. The number of anilines is 1. The molecule has 1 aliphatic carbocycles. The van der Waals surface area contributed by atoms with Crippen molar-refractivity contribution in [1.82, 2.24) is 19.9 Å². The summed E-state index contributed by atoms with van der Waals surface area (Å²) in [5, 5.41) is 3.47. The van der Waals surface area contributed by atoms with Crippen molar-refractivity contribution in [1.29, 1.82) is 0 Å². The standard InChI is InChI=1S/C17H15N5O2S/c1-25-17-18-7-6-11(20-17)14-15(12-3-2-8-24-12)21-13(9-19-14)22-16(23)10-4-5-10/h2-3,6-10H,4-5H2,1H3,(H,21,22,23). The van der Waals surface area contributed by atoms with Crippen LogP contribution in [-0.2, 0) is 4.79 Å². The molecule has 1 amide bonds. The topological polar surface area (TPSA) is 93.8 Å². The number of hydrogen-bond acceptors (Lipinski definition) is 7. The van der Waals surface area contributed by atoms with Gasteiger partial charge in [0.15, 0.2) is 16.7 Å². The van der Waals surface area contributed by atoms with Gasteiger partial charge in [-0.3, -0.25) is 4.79 Å². The second kappa shape index (κ2) is 6.64. The number of carbonyl (C=O) groups is 1. The number of nitrogens with zero attached hydrogens (tertiary/aromatic N) is 4. The van der Waals surface area contributed by atoms with E-state index in [-0.39, 0.29) is 11.8 Å². The van der Waals surface area contributed by atoms with Crippen LogP contribution >= 0.6 is 11.8 Å². The van der Waals surface area contributed by atoms with Crippen LogP contribution in [0.25, 0.3) is 22.8 Å². The fourth-order valence-corrected chi connectivity index (χ4v) is 2.72. The lowest BCUT2D eigenvalue weighted by atomic mass is 10.2. The summed E-state index contributed by atoms with van der Waals surface area (Å²) in [5.74, 6) is 1.05. The van der Waals surface area contributed by atoms with E-state index in [4.69, 9.17) is 4.42 Å². The molecule has 3 heterocycles. The van der Waals surface area contributed by atoms with Crippen molar-refractivity contribution in [3.05, 3.63) is 36.9 Å². The molecule has 0 radical (unpaired) electrons. The van der Waals surface area contributed by atoms with Crippen molar-refractivity contribution in [2.45, 2.75) is 18.0 Å². The molecule has 7 nitrogen and oxygen atoms in total. The number of aromatic nitrogens is 4. The van der Waals surface area contributed by atoms with Crippen molar-refractivity contribution in [3.8, 4) is 22.8 Å². The highest BCUT2D eigenvalue weighted by atomic mass is 32.2. The number of hydrogen-bond donors (Lipinski definition) is 1. The van der Waals surface area contributed by atoms with Gasteiger partial charge in [0.05, 0.1) is 18.2 Å². The molecule has 1 fully saturated rings. The van der Waals surface area contributed by atoms with Gasteiger partial charge < -0.3 is 9.73 Å². The first-order valence-electron chi connectivity index (χ1n) is 7.84. The summed E-state index contributed by atoms with van der Waals surface area (Å²) >= 11 is 1.45. The molecule has 8 heteroatoms. The maximum absolute atomic E-state index is 12.0. The molecule has 1 aliphatic rings. The summed E-state index contributed by atoms with van der Waals surface area (Å²) in [7, 11) is 0. The van der Waals surface area contributed by atoms with Gasteiger partial charge in [-0.15, -0.1) is 0 Å². The lowest BCUT2D eigenvalue weighted by molar-refractivity contribution is -0.117. The summed E-state index contributed by atoms with van der Waals surface area (Å²) in [4.78, 5) is 29.7. The van der Waals surface area contributed by atoms with E-state index in [1.54, 1.807) is 36.9 Å². The Morgan fingerprint density at radius 3 is 2.84 bits per heavy atom. The minimum atomic E-state index is -0.0147. The molecule has 0 spiro atoms. The van der Waals surface area contributed by atoms with Gasteiger partial charge in [-0.05, 0) is 37.3 Å². The van der Waals surface area contributed by atoms with Gasteiger partial charge in [0.1, 0.15) is 11.4 Å². The summed E-state index contributed by atoms with van der Waals surface area (Å²) in [6.07, 6.45) is 8.58. The lowest BCUT2D eigenvalue weighted by Crippen LogP contribution is -2.15. The summed E-state index contributed by atoms with van der Waals surface area (Å²) in [6.45, 7) is 0. The predicted octanol–water partition coefficient (Wildman–Crippen LogP) is 3.26. The second-order valence-corrected chi connectivity index (χ2v) is 6.40. The normalized spacial score (nSPS) is 13.6. The quantitative estimate of drug-likeness (QED) is 0.556. The highest BCUT2D eigenvalue weighted by Crippen LogP contribution is 2.32. The monoisotopic (exact) mass is 353 g/mol. The Kier molecular flexibility index (Phi) is 4.19. The number of carbonyl (C=O) groups excluding carboxylic acids is 1. The van der Waals surface area contributed by atoms with E-state index in [9.17, 15) is 4.79 Å². The van der Waals surface area contributed by atoms with Crippen LogP contribution in [0.15, 0.2) is 46.4 Å². The van der Waals surface area contributed by atoms with Gasteiger partial charge in [0, 0.05) is 12.1 Å². The second-order valence-electron chi connectivity index (χ2n) is 5.62. The molecule has 1 N–H and O–H groups in total. The number of amides is 1. The van der Waals surface area contributed by atoms with Crippen molar-refractivity contribution in [2.75, 3.05) is 11.6 Å². The highest BCUT2D eigenvalue weighted by molar-refractivity contribution is 7.98. The Morgan fingerprint density at radius 2 is 2.12 bits per heavy atom. The SMILES string of the molecule is CSc1nccc(-c2ncc(NC(=O)C3CC3)nc2-c2ccco2)n1. The van der Waals surface area contributed by atoms with E-state index >= 15 is 0 Å². The molecule has 126 valence electrons. The van der Waals surface area contributed by atoms with Gasteiger partial charge in [0.2, 0.25) is 5.91 Å². The summed E-state index contributed by atoms with van der Waals surface area (Å²) in [5.41, 5.74) is 1.76. The summed E-state index contributed by atoms with van der Waals surface area (Å²) < 4.78 is 5.49. The van der Waals surface area contributed by atoms with Gasteiger partial charge in [-0.25, -0.2) is 19.9 Å². The largest absolute Gasteiger partial charge is 0.463 e. The van der Waals surface area contributed by atoms with Crippen LogP contribution in [-0.4, -0.2) is 32.1 Å². The molecule has 4 rings (SSSR count). The number of furan rings is 1. The average Bonchev–Trinajstić information content (AvgIpc) is 3.36. The van der Waals surface area contributed by atoms with Crippen molar-refractivity contribution in [2.24, 2.45) is 5.92 Å². The van der Waals surface area contributed by atoms with E-state index in [2.05, 4.69) is 25.3 Å².